The molecule has 3 atom stereocenters. The van der Waals surface area contributed by atoms with E-state index in [9.17, 15) is 14.4 Å². The van der Waals surface area contributed by atoms with Crippen LogP contribution in [0.5, 0.6) is 0 Å². The van der Waals surface area contributed by atoms with Crippen LogP contribution in [-0.2, 0) is 22.6 Å². The first-order valence-corrected chi connectivity index (χ1v) is 16.7. The predicted molar refractivity (Wildman–Crippen MR) is 172 cm³/mol. The highest BCUT2D eigenvalue weighted by molar-refractivity contribution is 5.95. The van der Waals surface area contributed by atoms with Crippen LogP contribution in [0.2, 0.25) is 0 Å². The fourth-order valence-corrected chi connectivity index (χ4v) is 7.10. The molecule has 0 spiro atoms. The molecule has 7 nitrogen and oxygen atoms in total. The zero-order valence-electron chi connectivity index (χ0n) is 26.2. The fourth-order valence-electron chi connectivity index (χ4n) is 7.10. The summed E-state index contributed by atoms with van der Waals surface area (Å²) in [6.07, 6.45) is 9.79. The minimum absolute atomic E-state index is 0.0756. The molecule has 2 aliphatic heterocycles. The first-order valence-electron chi connectivity index (χ1n) is 16.7. The lowest BCUT2D eigenvalue weighted by Crippen LogP contribution is -2.53. The average Bonchev–Trinajstić information content (AvgIpc) is 3.23. The average molecular weight is 587 g/mol. The Morgan fingerprint density at radius 1 is 0.837 bits per heavy atom. The van der Waals surface area contributed by atoms with Gasteiger partial charge in [0.15, 0.2) is 5.78 Å². The number of rotatable bonds is 10. The topological polar surface area (TPSA) is 81.8 Å². The number of hydrogen-bond donors (Lipinski definition) is 2. The van der Waals surface area contributed by atoms with Gasteiger partial charge in [-0.1, -0.05) is 51.0 Å². The van der Waals surface area contributed by atoms with Gasteiger partial charge in [0.1, 0.15) is 0 Å². The van der Waals surface area contributed by atoms with Crippen molar-refractivity contribution in [1.82, 2.24) is 15.5 Å². The van der Waals surface area contributed by atoms with Crippen molar-refractivity contribution in [1.29, 1.82) is 0 Å². The van der Waals surface area contributed by atoms with Crippen LogP contribution < -0.4 is 15.5 Å². The van der Waals surface area contributed by atoms with E-state index in [-0.39, 0.29) is 35.5 Å². The second-order valence-electron chi connectivity index (χ2n) is 13.3. The Kier molecular flexibility index (Phi) is 10.9. The monoisotopic (exact) mass is 586 g/mol. The van der Waals surface area contributed by atoms with E-state index in [1.165, 1.54) is 30.4 Å². The second kappa shape index (κ2) is 15.0. The summed E-state index contributed by atoms with van der Waals surface area (Å²) in [7, 11) is 0. The molecular weight excluding hydrogens is 536 g/mol. The lowest BCUT2D eigenvalue weighted by molar-refractivity contribution is -0.132. The van der Waals surface area contributed by atoms with Crippen molar-refractivity contribution in [3.63, 3.8) is 0 Å². The Hall–Kier alpha value is -3.19. The standard InChI is InChI=1S/C36H50N4O3/c1-26(2)23-33(34(41)25-39-20-10-13-27-11-4-5-12-29(27)24-39)38-36(43)31-14-6-7-15-32(31)37-35(42)28-16-18-30(19-17-28)40-21-8-3-9-22-40/h4-5,11-12,16-19,26,31-33H,3,6-10,13-15,20-25H2,1-2H3,(H,37,42)(H,38,43)/t31-,32+,33+/m1/s1. The molecule has 0 radical (unpaired) electrons. The Morgan fingerprint density at radius 3 is 2.30 bits per heavy atom. The van der Waals surface area contributed by atoms with Crippen LogP contribution in [0, 0.1) is 11.8 Å². The van der Waals surface area contributed by atoms with E-state index in [4.69, 9.17) is 0 Å². The highest BCUT2D eigenvalue weighted by atomic mass is 16.2. The summed E-state index contributed by atoms with van der Waals surface area (Å²) in [6, 6.07) is 15.6. The molecule has 43 heavy (non-hydrogen) atoms. The number of aryl methyl sites for hydroxylation is 1. The maximum atomic E-state index is 13.7. The van der Waals surface area contributed by atoms with Crippen LogP contribution in [-0.4, -0.2) is 60.8 Å². The van der Waals surface area contributed by atoms with Crippen molar-refractivity contribution >= 4 is 23.3 Å². The molecule has 2 aromatic carbocycles. The molecule has 0 unspecified atom stereocenters. The number of amides is 2. The van der Waals surface area contributed by atoms with E-state index in [2.05, 4.69) is 58.5 Å². The third-order valence-electron chi connectivity index (χ3n) is 9.49. The van der Waals surface area contributed by atoms with Gasteiger partial charge in [0.25, 0.3) is 5.91 Å². The van der Waals surface area contributed by atoms with E-state index >= 15 is 0 Å². The molecule has 5 rings (SSSR count). The Morgan fingerprint density at radius 2 is 1.56 bits per heavy atom. The smallest absolute Gasteiger partial charge is 0.251 e. The maximum Gasteiger partial charge on any atom is 0.251 e. The normalized spacial score (nSPS) is 21.9. The minimum Gasteiger partial charge on any atom is -0.372 e. The van der Waals surface area contributed by atoms with Gasteiger partial charge in [-0.2, -0.15) is 0 Å². The molecule has 1 saturated carbocycles. The van der Waals surface area contributed by atoms with E-state index in [0.717, 1.165) is 70.4 Å². The van der Waals surface area contributed by atoms with Crippen LogP contribution in [0.15, 0.2) is 48.5 Å². The van der Waals surface area contributed by atoms with Gasteiger partial charge >= 0.3 is 0 Å². The van der Waals surface area contributed by atoms with Crippen LogP contribution in [0.1, 0.15) is 93.1 Å². The number of carbonyl (C=O) groups excluding carboxylic acids is 3. The summed E-state index contributed by atoms with van der Waals surface area (Å²) in [5.41, 5.74) is 4.45. The SMILES string of the molecule is CC(C)C[C@H](NC(=O)[C@@H]1CCCC[C@@H]1NC(=O)c1ccc(N2CCCCC2)cc1)C(=O)CN1CCCc2ccccc2C1. The van der Waals surface area contributed by atoms with Gasteiger partial charge in [-0.15, -0.1) is 0 Å². The molecule has 1 aliphatic carbocycles. The number of Topliss-reactive ketones (excluding diaryl/α,β-unsaturated/α-hetero) is 1. The van der Waals surface area contributed by atoms with Crippen LogP contribution >= 0.6 is 0 Å². The first-order chi connectivity index (χ1) is 20.9. The zero-order valence-corrected chi connectivity index (χ0v) is 26.2. The van der Waals surface area contributed by atoms with Gasteiger partial charge in [-0.05, 0) is 99.2 Å². The minimum atomic E-state index is -0.522. The van der Waals surface area contributed by atoms with Gasteiger partial charge < -0.3 is 15.5 Å². The van der Waals surface area contributed by atoms with Crippen LogP contribution in [0.25, 0.3) is 0 Å². The lowest BCUT2D eigenvalue weighted by Gasteiger charge is -2.33. The highest BCUT2D eigenvalue weighted by Crippen LogP contribution is 2.27. The number of hydrogen-bond acceptors (Lipinski definition) is 5. The van der Waals surface area contributed by atoms with Crippen molar-refractivity contribution < 1.29 is 14.4 Å². The zero-order chi connectivity index (χ0) is 30.2. The van der Waals surface area contributed by atoms with Gasteiger partial charge in [0.2, 0.25) is 5.91 Å². The number of nitrogens with one attached hydrogen (secondary N) is 2. The van der Waals surface area contributed by atoms with Crippen molar-refractivity contribution in [3.05, 3.63) is 65.2 Å². The lowest BCUT2D eigenvalue weighted by atomic mass is 9.83. The summed E-state index contributed by atoms with van der Waals surface area (Å²) in [5, 5.41) is 6.34. The molecule has 3 aliphatic rings. The highest BCUT2D eigenvalue weighted by Gasteiger charge is 2.35. The second-order valence-corrected chi connectivity index (χ2v) is 13.3. The van der Waals surface area contributed by atoms with Crippen molar-refractivity contribution in [3.8, 4) is 0 Å². The summed E-state index contributed by atoms with van der Waals surface area (Å²) in [6.45, 7) is 8.29. The molecule has 2 N–H and O–H groups in total. The van der Waals surface area contributed by atoms with Crippen molar-refractivity contribution in [2.75, 3.05) is 31.1 Å². The van der Waals surface area contributed by atoms with Crippen LogP contribution in [0.4, 0.5) is 5.69 Å². The molecule has 2 heterocycles. The number of ketones is 1. The number of benzene rings is 2. The molecule has 2 amide bonds. The van der Waals surface area contributed by atoms with Crippen molar-refractivity contribution in [2.24, 2.45) is 11.8 Å². The number of anilines is 1. The molecular formula is C36H50N4O3. The van der Waals surface area contributed by atoms with E-state index in [1.54, 1.807) is 0 Å². The van der Waals surface area contributed by atoms with Gasteiger partial charge in [-0.25, -0.2) is 0 Å². The molecule has 0 bridgehead atoms. The molecule has 7 heteroatoms. The van der Waals surface area contributed by atoms with Crippen molar-refractivity contribution in [2.45, 2.75) is 96.7 Å². The molecule has 1 saturated heterocycles. The summed E-state index contributed by atoms with van der Waals surface area (Å²) in [5.74, 6) is -0.227. The molecule has 2 aromatic rings. The van der Waals surface area contributed by atoms with E-state index in [1.807, 2.05) is 24.3 Å². The third kappa shape index (κ3) is 8.47. The Labute approximate surface area is 257 Å². The summed E-state index contributed by atoms with van der Waals surface area (Å²) in [4.78, 5) is 45.2. The summed E-state index contributed by atoms with van der Waals surface area (Å²) < 4.78 is 0. The Bertz CT molecular complexity index is 1240. The summed E-state index contributed by atoms with van der Waals surface area (Å²) >= 11 is 0. The number of fused-ring (bicyclic) bond motifs is 1. The van der Waals surface area contributed by atoms with Crippen LogP contribution in [0.3, 0.4) is 0 Å². The van der Waals surface area contributed by atoms with E-state index in [0.29, 0.717) is 18.5 Å². The number of piperidine rings is 1. The number of carbonyl (C=O) groups is 3. The van der Waals surface area contributed by atoms with Gasteiger partial charge in [-0.3, -0.25) is 19.3 Å². The number of nitrogens with zero attached hydrogens (tertiary/aromatic N) is 2. The molecule has 2 fully saturated rings. The third-order valence-corrected chi connectivity index (χ3v) is 9.49. The largest absolute Gasteiger partial charge is 0.372 e. The van der Waals surface area contributed by atoms with Gasteiger partial charge in [0.05, 0.1) is 18.5 Å². The predicted octanol–water partition coefficient (Wildman–Crippen LogP) is 5.51. The quantitative estimate of drug-likeness (QED) is 0.384. The molecule has 0 aromatic heterocycles. The maximum absolute atomic E-state index is 13.7. The van der Waals surface area contributed by atoms with E-state index < -0.39 is 6.04 Å². The van der Waals surface area contributed by atoms with Gasteiger partial charge in [0, 0.05) is 36.9 Å². The molecule has 232 valence electrons. The fraction of sp³-hybridized carbons (Fsp3) is 0.583. The first kappa shape index (κ1) is 31.2. The Balaban J connectivity index is 1.20.